The lowest BCUT2D eigenvalue weighted by Gasteiger charge is -2.07. The zero-order valence-electron chi connectivity index (χ0n) is 11.5. The SMILES string of the molecule is COc1ccc(/C=C/c2ccc(C#N)cc2)cc1OC. The fourth-order valence-electron chi connectivity index (χ4n) is 1.82. The molecule has 2 rings (SSSR count). The van der Waals surface area contributed by atoms with E-state index in [1.54, 1.807) is 26.4 Å². The molecule has 2 aromatic rings. The Labute approximate surface area is 118 Å². The molecule has 0 atom stereocenters. The quantitative estimate of drug-likeness (QED) is 0.791. The summed E-state index contributed by atoms with van der Waals surface area (Å²) in [5, 5.41) is 8.75. The molecule has 3 nitrogen and oxygen atoms in total. The summed E-state index contributed by atoms with van der Waals surface area (Å²) in [7, 11) is 3.23. The highest BCUT2D eigenvalue weighted by molar-refractivity contribution is 5.71. The Balaban J connectivity index is 2.20. The molecule has 0 aliphatic heterocycles. The standard InChI is InChI=1S/C17H15NO2/c1-19-16-10-9-14(11-17(16)20-2)6-3-13-4-7-15(12-18)8-5-13/h3-11H,1-2H3/b6-3+. The van der Waals surface area contributed by atoms with Crippen molar-refractivity contribution in [1.82, 2.24) is 0 Å². The summed E-state index contributed by atoms with van der Waals surface area (Å²) in [5.41, 5.74) is 2.72. The van der Waals surface area contributed by atoms with Crippen LogP contribution in [0.5, 0.6) is 11.5 Å². The second-order valence-corrected chi connectivity index (χ2v) is 4.18. The number of ether oxygens (including phenoxy) is 2. The van der Waals surface area contributed by atoms with E-state index < -0.39 is 0 Å². The molecule has 3 heteroatoms. The molecule has 0 radical (unpaired) electrons. The summed E-state index contributed by atoms with van der Waals surface area (Å²) in [5.74, 6) is 1.41. The largest absolute Gasteiger partial charge is 0.493 e. The van der Waals surface area contributed by atoms with Gasteiger partial charge in [0, 0.05) is 0 Å². The van der Waals surface area contributed by atoms with Crippen molar-refractivity contribution >= 4 is 12.2 Å². The van der Waals surface area contributed by atoms with Gasteiger partial charge in [0.25, 0.3) is 0 Å². The molecule has 0 aliphatic carbocycles. The average molecular weight is 265 g/mol. The third-order valence-electron chi connectivity index (χ3n) is 2.92. The molecule has 0 spiro atoms. The first kappa shape index (κ1) is 13.7. The Bertz CT molecular complexity index is 652. The molecule has 20 heavy (non-hydrogen) atoms. The Hall–Kier alpha value is -2.73. The van der Waals surface area contributed by atoms with E-state index in [0.717, 1.165) is 11.1 Å². The van der Waals surface area contributed by atoms with Gasteiger partial charge in [0.05, 0.1) is 25.9 Å². The number of benzene rings is 2. The molecule has 0 N–H and O–H groups in total. The monoisotopic (exact) mass is 265 g/mol. The maximum absolute atomic E-state index is 8.75. The molecule has 0 aromatic heterocycles. The molecule has 0 heterocycles. The Morgan fingerprint density at radius 3 is 2.05 bits per heavy atom. The van der Waals surface area contributed by atoms with Gasteiger partial charge >= 0.3 is 0 Å². The summed E-state index contributed by atoms with van der Waals surface area (Å²) >= 11 is 0. The van der Waals surface area contributed by atoms with Crippen LogP contribution in [-0.2, 0) is 0 Å². The molecule has 0 amide bonds. The molecule has 0 saturated carbocycles. The van der Waals surface area contributed by atoms with Crippen LogP contribution in [-0.4, -0.2) is 14.2 Å². The van der Waals surface area contributed by atoms with Crippen LogP contribution in [0.1, 0.15) is 16.7 Å². The summed E-state index contributed by atoms with van der Waals surface area (Å²) in [6, 6.07) is 15.3. The zero-order chi connectivity index (χ0) is 14.4. The van der Waals surface area contributed by atoms with Crippen LogP contribution >= 0.6 is 0 Å². The van der Waals surface area contributed by atoms with Crippen LogP contribution in [0.3, 0.4) is 0 Å². The maximum atomic E-state index is 8.75. The van der Waals surface area contributed by atoms with Crippen LogP contribution in [0, 0.1) is 11.3 Å². The van der Waals surface area contributed by atoms with Gasteiger partial charge in [-0.3, -0.25) is 0 Å². The van der Waals surface area contributed by atoms with E-state index in [1.165, 1.54) is 0 Å². The third kappa shape index (κ3) is 3.18. The lowest BCUT2D eigenvalue weighted by Crippen LogP contribution is -1.90. The Morgan fingerprint density at radius 1 is 0.850 bits per heavy atom. The van der Waals surface area contributed by atoms with Crippen LogP contribution in [0.15, 0.2) is 42.5 Å². The van der Waals surface area contributed by atoms with E-state index in [9.17, 15) is 0 Å². The molecule has 0 bridgehead atoms. The van der Waals surface area contributed by atoms with Crippen molar-refractivity contribution in [3.63, 3.8) is 0 Å². The number of hydrogen-bond donors (Lipinski definition) is 0. The van der Waals surface area contributed by atoms with Gasteiger partial charge in [0.1, 0.15) is 0 Å². The predicted molar refractivity (Wildman–Crippen MR) is 79.6 cm³/mol. The third-order valence-corrected chi connectivity index (χ3v) is 2.92. The van der Waals surface area contributed by atoms with Gasteiger partial charge in [-0.2, -0.15) is 5.26 Å². The fraction of sp³-hybridized carbons (Fsp3) is 0.118. The van der Waals surface area contributed by atoms with E-state index in [4.69, 9.17) is 14.7 Å². The van der Waals surface area contributed by atoms with Crippen molar-refractivity contribution in [2.45, 2.75) is 0 Å². The van der Waals surface area contributed by atoms with Crippen molar-refractivity contribution in [2.75, 3.05) is 14.2 Å². The van der Waals surface area contributed by atoms with Gasteiger partial charge in [-0.25, -0.2) is 0 Å². The van der Waals surface area contributed by atoms with Crippen LogP contribution in [0.2, 0.25) is 0 Å². The van der Waals surface area contributed by atoms with E-state index in [2.05, 4.69) is 6.07 Å². The zero-order valence-corrected chi connectivity index (χ0v) is 11.5. The summed E-state index contributed by atoms with van der Waals surface area (Å²) in [4.78, 5) is 0. The number of hydrogen-bond acceptors (Lipinski definition) is 3. The minimum Gasteiger partial charge on any atom is -0.493 e. The molecule has 2 aromatic carbocycles. The van der Waals surface area contributed by atoms with Gasteiger partial charge in [0.15, 0.2) is 11.5 Å². The van der Waals surface area contributed by atoms with Crippen molar-refractivity contribution in [3.8, 4) is 17.6 Å². The van der Waals surface area contributed by atoms with Crippen molar-refractivity contribution < 1.29 is 9.47 Å². The van der Waals surface area contributed by atoms with Gasteiger partial charge in [-0.15, -0.1) is 0 Å². The molecular formula is C17H15NO2. The van der Waals surface area contributed by atoms with E-state index >= 15 is 0 Å². The summed E-state index contributed by atoms with van der Waals surface area (Å²) < 4.78 is 10.5. The second kappa shape index (κ2) is 6.44. The molecular weight excluding hydrogens is 250 g/mol. The normalized spacial score (nSPS) is 10.2. The number of nitrogens with zero attached hydrogens (tertiary/aromatic N) is 1. The van der Waals surface area contributed by atoms with Gasteiger partial charge in [-0.1, -0.05) is 30.4 Å². The predicted octanol–water partition coefficient (Wildman–Crippen LogP) is 3.75. The molecule has 100 valence electrons. The fourth-order valence-corrected chi connectivity index (χ4v) is 1.82. The first-order chi connectivity index (χ1) is 9.76. The van der Waals surface area contributed by atoms with Crippen LogP contribution in [0.25, 0.3) is 12.2 Å². The van der Waals surface area contributed by atoms with Crippen molar-refractivity contribution in [1.29, 1.82) is 5.26 Å². The Kier molecular flexibility index (Phi) is 4.41. The van der Waals surface area contributed by atoms with E-state index in [0.29, 0.717) is 17.1 Å². The number of methoxy groups -OCH3 is 2. The van der Waals surface area contributed by atoms with Gasteiger partial charge in [0.2, 0.25) is 0 Å². The second-order valence-electron chi connectivity index (χ2n) is 4.18. The highest BCUT2D eigenvalue weighted by Crippen LogP contribution is 2.28. The molecule has 0 fully saturated rings. The van der Waals surface area contributed by atoms with Gasteiger partial charge in [-0.05, 0) is 35.4 Å². The smallest absolute Gasteiger partial charge is 0.161 e. The van der Waals surface area contributed by atoms with Crippen molar-refractivity contribution in [3.05, 3.63) is 59.2 Å². The lowest BCUT2D eigenvalue weighted by atomic mass is 10.1. The highest BCUT2D eigenvalue weighted by Gasteiger charge is 2.02. The minimum atomic E-state index is 0.660. The minimum absolute atomic E-state index is 0.660. The number of rotatable bonds is 4. The van der Waals surface area contributed by atoms with Gasteiger partial charge < -0.3 is 9.47 Å². The first-order valence-electron chi connectivity index (χ1n) is 6.17. The maximum Gasteiger partial charge on any atom is 0.161 e. The Morgan fingerprint density at radius 2 is 1.45 bits per heavy atom. The van der Waals surface area contributed by atoms with Crippen LogP contribution in [0.4, 0.5) is 0 Å². The molecule has 0 unspecified atom stereocenters. The summed E-state index contributed by atoms with van der Waals surface area (Å²) in [6.45, 7) is 0. The average Bonchev–Trinajstić information content (AvgIpc) is 2.53. The van der Waals surface area contributed by atoms with E-state index in [1.807, 2.05) is 42.5 Å². The van der Waals surface area contributed by atoms with Crippen LogP contribution < -0.4 is 9.47 Å². The first-order valence-corrected chi connectivity index (χ1v) is 6.17. The lowest BCUT2D eigenvalue weighted by molar-refractivity contribution is 0.355. The number of nitriles is 1. The topological polar surface area (TPSA) is 42.2 Å². The highest BCUT2D eigenvalue weighted by atomic mass is 16.5. The van der Waals surface area contributed by atoms with Crippen molar-refractivity contribution in [2.24, 2.45) is 0 Å². The molecule has 0 saturated heterocycles. The summed E-state index contributed by atoms with van der Waals surface area (Å²) in [6.07, 6.45) is 3.98. The molecule has 0 aliphatic rings. The van der Waals surface area contributed by atoms with E-state index in [-0.39, 0.29) is 0 Å².